The van der Waals surface area contributed by atoms with E-state index in [4.69, 9.17) is 4.42 Å². The van der Waals surface area contributed by atoms with Crippen molar-refractivity contribution in [3.8, 4) is 0 Å². The van der Waals surface area contributed by atoms with Gasteiger partial charge in [-0.25, -0.2) is 0 Å². The summed E-state index contributed by atoms with van der Waals surface area (Å²) in [5, 5.41) is 3.20. The average Bonchev–Trinajstić information content (AvgIpc) is 3.32. The molecular formula is C22H30N2O2. The smallest absolute Gasteiger partial charge is 0.228 e. The van der Waals surface area contributed by atoms with E-state index in [0.717, 1.165) is 24.4 Å². The first kappa shape index (κ1) is 18.7. The highest BCUT2D eigenvalue weighted by atomic mass is 16.3. The molecule has 4 heteroatoms. The molecule has 1 aromatic heterocycles. The van der Waals surface area contributed by atoms with E-state index in [2.05, 4.69) is 43.1 Å². The number of likely N-dealkylation sites (tertiary alicyclic amines) is 1. The monoisotopic (exact) mass is 354 g/mol. The summed E-state index contributed by atoms with van der Waals surface area (Å²) in [6, 6.07) is 12.0. The van der Waals surface area contributed by atoms with Gasteiger partial charge >= 0.3 is 0 Å². The number of nitrogens with one attached hydrogen (secondary N) is 1. The molecule has 0 saturated carbocycles. The minimum Gasteiger partial charge on any atom is -0.469 e. The minimum atomic E-state index is -0.240. The number of hydrogen-bond acceptors (Lipinski definition) is 3. The quantitative estimate of drug-likeness (QED) is 0.820. The van der Waals surface area contributed by atoms with Crippen molar-refractivity contribution < 1.29 is 9.21 Å². The summed E-state index contributed by atoms with van der Waals surface area (Å²) in [7, 11) is 0. The van der Waals surface area contributed by atoms with Crippen LogP contribution in [0.4, 0.5) is 0 Å². The van der Waals surface area contributed by atoms with E-state index in [0.29, 0.717) is 13.0 Å². The third kappa shape index (κ3) is 4.55. The first-order valence-electron chi connectivity index (χ1n) is 9.57. The van der Waals surface area contributed by atoms with Crippen LogP contribution in [0.2, 0.25) is 0 Å². The zero-order valence-electron chi connectivity index (χ0n) is 16.1. The van der Waals surface area contributed by atoms with Crippen molar-refractivity contribution in [3.05, 3.63) is 59.5 Å². The SMILES string of the molecule is Cc1ccc(C(Cc2ccco2)C(=O)NCC(C)(C)N2CCCC2)cc1. The normalized spacial score (nSPS) is 16.6. The summed E-state index contributed by atoms with van der Waals surface area (Å²) in [6.07, 6.45) is 4.74. The lowest BCUT2D eigenvalue weighted by Crippen LogP contribution is -2.51. The van der Waals surface area contributed by atoms with Crippen molar-refractivity contribution in [2.24, 2.45) is 0 Å². The number of rotatable bonds is 7. The van der Waals surface area contributed by atoms with Gasteiger partial charge in [0.25, 0.3) is 0 Å². The van der Waals surface area contributed by atoms with E-state index >= 15 is 0 Å². The fourth-order valence-corrected chi connectivity index (χ4v) is 3.65. The molecule has 26 heavy (non-hydrogen) atoms. The molecule has 0 aliphatic carbocycles. The third-order valence-corrected chi connectivity index (χ3v) is 5.44. The van der Waals surface area contributed by atoms with Crippen molar-refractivity contribution in [3.63, 3.8) is 0 Å². The Hall–Kier alpha value is -2.07. The predicted octanol–water partition coefficient (Wildman–Crippen LogP) is 3.90. The predicted molar refractivity (Wildman–Crippen MR) is 104 cm³/mol. The van der Waals surface area contributed by atoms with Gasteiger partial charge in [0.15, 0.2) is 0 Å². The number of aryl methyl sites for hydroxylation is 1. The minimum absolute atomic E-state index is 0.0192. The van der Waals surface area contributed by atoms with Crippen LogP contribution < -0.4 is 5.32 Å². The second kappa shape index (κ2) is 8.09. The van der Waals surface area contributed by atoms with Crippen LogP contribution in [0.15, 0.2) is 47.1 Å². The van der Waals surface area contributed by atoms with Gasteiger partial charge in [-0.1, -0.05) is 29.8 Å². The molecule has 1 unspecified atom stereocenters. The Morgan fingerprint density at radius 2 is 1.88 bits per heavy atom. The number of benzene rings is 1. The Morgan fingerprint density at radius 1 is 1.19 bits per heavy atom. The highest BCUT2D eigenvalue weighted by Crippen LogP contribution is 2.24. The van der Waals surface area contributed by atoms with Crippen LogP contribution in [0.25, 0.3) is 0 Å². The molecule has 2 aromatic rings. The summed E-state index contributed by atoms with van der Waals surface area (Å²) in [6.45, 7) is 9.39. The maximum Gasteiger partial charge on any atom is 0.228 e. The number of amides is 1. The molecular weight excluding hydrogens is 324 g/mol. The zero-order valence-corrected chi connectivity index (χ0v) is 16.1. The zero-order chi connectivity index (χ0) is 18.6. The van der Waals surface area contributed by atoms with Crippen LogP contribution in [0.5, 0.6) is 0 Å². The summed E-state index contributed by atoms with van der Waals surface area (Å²) in [5.74, 6) is 0.665. The summed E-state index contributed by atoms with van der Waals surface area (Å²) < 4.78 is 5.50. The number of carbonyl (C=O) groups excluding carboxylic acids is 1. The summed E-state index contributed by atoms with van der Waals surface area (Å²) in [4.78, 5) is 15.5. The van der Waals surface area contributed by atoms with Gasteiger partial charge in [0, 0.05) is 18.5 Å². The van der Waals surface area contributed by atoms with Crippen LogP contribution in [0, 0.1) is 6.92 Å². The highest BCUT2D eigenvalue weighted by molar-refractivity contribution is 5.84. The number of furan rings is 1. The molecule has 0 radical (unpaired) electrons. The van der Waals surface area contributed by atoms with Crippen LogP contribution >= 0.6 is 0 Å². The lowest BCUT2D eigenvalue weighted by molar-refractivity contribution is -0.123. The Kier molecular flexibility index (Phi) is 5.82. The topological polar surface area (TPSA) is 45.5 Å². The van der Waals surface area contributed by atoms with E-state index in [1.807, 2.05) is 24.3 Å². The fourth-order valence-electron chi connectivity index (χ4n) is 3.65. The molecule has 1 atom stereocenters. The largest absolute Gasteiger partial charge is 0.469 e. The molecule has 0 bridgehead atoms. The van der Waals surface area contributed by atoms with Gasteiger partial charge in [-0.05, 0) is 64.4 Å². The molecule has 1 N–H and O–H groups in total. The van der Waals surface area contributed by atoms with Gasteiger partial charge in [-0.15, -0.1) is 0 Å². The van der Waals surface area contributed by atoms with E-state index in [1.54, 1.807) is 6.26 Å². The molecule has 2 heterocycles. The van der Waals surface area contributed by atoms with Gasteiger partial charge in [-0.2, -0.15) is 0 Å². The summed E-state index contributed by atoms with van der Waals surface area (Å²) in [5.41, 5.74) is 2.21. The van der Waals surface area contributed by atoms with E-state index in [9.17, 15) is 4.79 Å². The molecule has 1 saturated heterocycles. The molecule has 1 aliphatic rings. The Bertz CT molecular complexity index is 698. The second-order valence-electron chi connectivity index (χ2n) is 7.97. The van der Waals surface area contributed by atoms with E-state index in [-0.39, 0.29) is 17.4 Å². The van der Waals surface area contributed by atoms with Crippen molar-refractivity contribution in [2.45, 2.75) is 51.5 Å². The second-order valence-corrected chi connectivity index (χ2v) is 7.97. The Balaban J connectivity index is 1.70. The van der Waals surface area contributed by atoms with Crippen molar-refractivity contribution in [1.29, 1.82) is 0 Å². The van der Waals surface area contributed by atoms with E-state index in [1.165, 1.54) is 18.4 Å². The maximum absolute atomic E-state index is 13.0. The van der Waals surface area contributed by atoms with Crippen LogP contribution in [-0.2, 0) is 11.2 Å². The van der Waals surface area contributed by atoms with Crippen LogP contribution in [-0.4, -0.2) is 36.0 Å². The highest BCUT2D eigenvalue weighted by Gasteiger charge is 2.31. The molecule has 4 nitrogen and oxygen atoms in total. The number of carbonyl (C=O) groups is 1. The van der Waals surface area contributed by atoms with Crippen molar-refractivity contribution in [1.82, 2.24) is 10.2 Å². The van der Waals surface area contributed by atoms with Crippen LogP contribution in [0.1, 0.15) is 49.5 Å². The van der Waals surface area contributed by atoms with Gasteiger partial charge in [0.05, 0.1) is 12.2 Å². The van der Waals surface area contributed by atoms with Gasteiger partial charge in [0.1, 0.15) is 5.76 Å². The van der Waals surface area contributed by atoms with Crippen molar-refractivity contribution in [2.75, 3.05) is 19.6 Å². The first-order chi connectivity index (χ1) is 12.5. The Morgan fingerprint density at radius 3 is 2.50 bits per heavy atom. The number of nitrogens with zero attached hydrogens (tertiary/aromatic N) is 1. The first-order valence-corrected chi connectivity index (χ1v) is 9.57. The van der Waals surface area contributed by atoms with Gasteiger partial charge in [0.2, 0.25) is 5.91 Å². The molecule has 1 aliphatic heterocycles. The maximum atomic E-state index is 13.0. The molecule has 0 spiro atoms. The lowest BCUT2D eigenvalue weighted by Gasteiger charge is -2.36. The standard InChI is InChI=1S/C22H30N2O2/c1-17-8-10-18(11-9-17)20(15-19-7-6-14-26-19)21(25)23-16-22(2,3)24-12-4-5-13-24/h6-11,14,20H,4-5,12-13,15-16H2,1-3H3,(H,23,25). The molecule has 1 aromatic carbocycles. The van der Waals surface area contributed by atoms with Crippen molar-refractivity contribution >= 4 is 5.91 Å². The van der Waals surface area contributed by atoms with E-state index < -0.39 is 0 Å². The fraction of sp³-hybridized carbons (Fsp3) is 0.500. The molecule has 1 amide bonds. The van der Waals surface area contributed by atoms with Gasteiger partial charge in [-0.3, -0.25) is 9.69 Å². The molecule has 1 fully saturated rings. The molecule has 140 valence electrons. The molecule has 3 rings (SSSR count). The lowest BCUT2D eigenvalue weighted by atomic mass is 9.92. The van der Waals surface area contributed by atoms with Gasteiger partial charge < -0.3 is 9.73 Å². The Labute approximate surface area is 156 Å². The number of hydrogen-bond donors (Lipinski definition) is 1. The van der Waals surface area contributed by atoms with Crippen LogP contribution in [0.3, 0.4) is 0 Å². The average molecular weight is 354 g/mol. The third-order valence-electron chi connectivity index (χ3n) is 5.44. The summed E-state index contributed by atoms with van der Waals surface area (Å²) >= 11 is 0.